The fourth-order valence-electron chi connectivity index (χ4n) is 1.31. The largest absolute Gasteiger partial charge is 0.378 e. The van der Waals surface area contributed by atoms with Gasteiger partial charge in [-0.05, 0) is 12.8 Å². The monoisotopic (exact) mass is 204 g/mol. The smallest absolute Gasteiger partial charge is 0.123 e. The van der Waals surface area contributed by atoms with Gasteiger partial charge in [0.15, 0.2) is 0 Å². The highest BCUT2D eigenvalue weighted by atomic mass is 19.1. The zero-order chi connectivity index (χ0) is 10.6. The summed E-state index contributed by atoms with van der Waals surface area (Å²) in [6.45, 7) is 5.08. The van der Waals surface area contributed by atoms with Crippen LogP contribution in [-0.2, 0) is 4.74 Å². The summed E-state index contributed by atoms with van der Waals surface area (Å²) < 4.78 is 17.9. The summed E-state index contributed by atoms with van der Waals surface area (Å²) in [5.74, 6) is 0. The minimum absolute atomic E-state index is 0.283. The first-order valence-corrected chi connectivity index (χ1v) is 6.03. The van der Waals surface area contributed by atoms with E-state index in [2.05, 4.69) is 6.92 Å². The molecule has 0 radical (unpaired) electrons. The minimum Gasteiger partial charge on any atom is -0.378 e. The number of hydrogen-bond acceptors (Lipinski definition) is 1. The van der Waals surface area contributed by atoms with Gasteiger partial charge in [0.1, 0.15) is 6.17 Å². The van der Waals surface area contributed by atoms with Gasteiger partial charge in [0.05, 0.1) is 6.61 Å². The zero-order valence-electron chi connectivity index (χ0n) is 9.73. The summed E-state index contributed by atoms with van der Waals surface area (Å²) in [6, 6.07) is 0. The van der Waals surface area contributed by atoms with Crippen LogP contribution >= 0.6 is 0 Å². The van der Waals surface area contributed by atoms with Crippen molar-refractivity contribution >= 4 is 0 Å². The van der Waals surface area contributed by atoms with Crippen LogP contribution in [0, 0.1) is 0 Å². The summed E-state index contributed by atoms with van der Waals surface area (Å²) in [5, 5.41) is 0. The van der Waals surface area contributed by atoms with E-state index < -0.39 is 6.17 Å². The fourth-order valence-corrected chi connectivity index (χ4v) is 1.31. The number of unbranched alkanes of at least 4 members (excludes halogenated alkanes) is 5. The SMILES string of the molecule is CCCCCCCCOCC(F)CC. The standard InChI is InChI=1S/C12H25FO/c1-3-5-6-7-8-9-10-14-11-12(13)4-2/h12H,3-11H2,1-2H3. The van der Waals surface area contributed by atoms with E-state index in [9.17, 15) is 4.39 Å². The van der Waals surface area contributed by atoms with Crippen LogP contribution in [0.2, 0.25) is 0 Å². The number of hydrogen-bond donors (Lipinski definition) is 0. The van der Waals surface area contributed by atoms with E-state index in [-0.39, 0.29) is 6.61 Å². The lowest BCUT2D eigenvalue weighted by atomic mass is 10.1. The van der Waals surface area contributed by atoms with Crippen LogP contribution in [0.3, 0.4) is 0 Å². The topological polar surface area (TPSA) is 9.23 Å². The molecule has 0 fully saturated rings. The van der Waals surface area contributed by atoms with Crippen LogP contribution in [0.5, 0.6) is 0 Å². The van der Waals surface area contributed by atoms with Gasteiger partial charge in [-0.25, -0.2) is 4.39 Å². The van der Waals surface area contributed by atoms with E-state index in [1.54, 1.807) is 0 Å². The molecule has 1 unspecified atom stereocenters. The highest BCUT2D eigenvalue weighted by Gasteiger charge is 2.01. The Morgan fingerprint density at radius 2 is 1.64 bits per heavy atom. The van der Waals surface area contributed by atoms with E-state index in [0.717, 1.165) is 13.0 Å². The third kappa shape index (κ3) is 9.97. The van der Waals surface area contributed by atoms with Crippen molar-refractivity contribution in [2.45, 2.75) is 65.0 Å². The summed E-state index contributed by atoms with van der Waals surface area (Å²) in [4.78, 5) is 0. The lowest BCUT2D eigenvalue weighted by Crippen LogP contribution is -2.09. The number of rotatable bonds is 10. The van der Waals surface area contributed by atoms with Gasteiger partial charge in [-0.3, -0.25) is 0 Å². The molecule has 0 spiro atoms. The number of ether oxygens (including phenoxy) is 1. The molecule has 0 aromatic heterocycles. The van der Waals surface area contributed by atoms with Gasteiger partial charge in [0.25, 0.3) is 0 Å². The second kappa shape index (κ2) is 11.0. The maximum atomic E-state index is 12.7. The van der Waals surface area contributed by atoms with Crippen molar-refractivity contribution in [3.05, 3.63) is 0 Å². The fraction of sp³-hybridized carbons (Fsp3) is 1.00. The molecule has 0 N–H and O–H groups in total. The van der Waals surface area contributed by atoms with E-state index in [4.69, 9.17) is 4.74 Å². The lowest BCUT2D eigenvalue weighted by molar-refractivity contribution is 0.0765. The molecule has 0 aromatic carbocycles. The molecule has 0 saturated carbocycles. The van der Waals surface area contributed by atoms with Crippen molar-refractivity contribution in [3.8, 4) is 0 Å². The van der Waals surface area contributed by atoms with Gasteiger partial charge in [-0.1, -0.05) is 46.0 Å². The quantitative estimate of drug-likeness (QED) is 0.486. The van der Waals surface area contributed by atoms with Gasteiger partial charge < -0.3 is 4.74 Å². The second-order valence-electron chi connectivity index (χ2n) is 3.85. The normalized spacial score (nSPS) is 13.1. The Morgan fingerprint density at radius 1 is 1.00 bits per heavy atom. The molecule has 1 nitrogen and oxygen atoms in total. The third-order valence-electron chi connectivity index (χ3n) is 2.38. The molecule has 0 aliphatic heterocycles. The van der Waals surface area contributed by atoms with E-state index in [1.165, 1.54) is 32.1 Å². The van der Waals surface area contributed by atoms with Crippen LogP contribution in [0.15, 0.2) is 0 Å². The van der Waals surface area contributed by atoms with Gasteiger partial charge >= 0.3 is 0 Å². The molecule has 1 atom stereocenters. The molecule has 0 aliphatic rings. The van der Waals surface area contributed by atoms with Crippen molar-refractivity contribution in [1.82, 2.24) is 0 Å². The summed E-state index contributed by atoms with van der Waals surface area (Å²) in [5.41, 5.74) is 0. The zero-order valence-corrected chi connectivity index (χ0v) is 9.73. The highest BCUT2D eigenvalue weighted by molar-refractivity contribution is 4.49. The maximum absolute atomic E-state index is 12.7. The van der Waals surface area contributed by atoms with Crippen molar-refractivity contribution in [1.29, 1.82) is 0 Å². The Balaban J connectivity index is 2.92. The molecule has 0 bridgehead atoms. The summed E-state index contributed by atoms with van der Waals surface area (Å²) in [6.07, 6.45) is 7.36. The van der Waals surface area contributed by atoms with Gasteiger partial charge in [-0.15, -0.1) is 0 Å². The van der Waals surface area contributed by atoms with Crippen LogP contribution in [-0.4, -0.2) is 19.4 Å². The third-order valence-corrected chi connectivity index (χ3v) is 2.38. The average molecular weight is 204 g/mol. The molecule has 0 rings (SSSR count). The Hall–Kier alpha value is -0.110. The predicted octanol–water partition coefficient (Wildman–Crippen LogP) is 4.11. The first kappa shape index (κ1) is 13.9. The Labute approximate surface area is 88.0 Å². The first-order valence-electron chi connectivity index (χ1n) is 6.03. The molecule has 0 heterocycles. The highest BCUT2D eigenvalue weighted by Crippen LogP contribution is 2.05. The molecule has 14 heavy (non-hydrogen) atoms. The second-order valence-corrected chi connectivity index (χ2v) is 3.85. The predicted molar refractivity (Wildman–Crippen MR) is 59.4 cm³/mol. The van der Waals surface area contributed by atoms with Crippen LogP contribution in [0.25, 0.3) is 0 Å². The average Bonchev–Trinajstić information content (AvgIpc) is 2.21. The Bertz CT molecular complexity index is 106. The molecular formula is C12H25FO. The van der Waals surface area contributed by atoms with Crippen LogP contribution in [0.1, 0.15) is 58.8 Å². The molecule has 2 heteroatoms. The summed E-state index contributed by atoms with van der Waals surface area (Å²) in [7, 11) is 0. The Kier molecular flexibility index (Phi) is 10.9. The van der Waals surface area contributed by atoms with Crippen molar-refractivity contribution < 1.29 is 9.13 Å². The summed E-state index contributed by atoms with van der Waals surface area (Å²) >= 11 is 0. The molecule has 86 valence electrons. The van der Waals surface area contributed by atoms with Crippen molar-refractivity contribution in [2.24, 2.45) is 0 Å². The molecule has 0 aromatic rings. The van der Waals surface area contributed by atoms with Gasteiger partial charge in [0, 0.05) is 6.61 Å². The van der Waals surface area contributed by atoms with Gasteiger partial charge in [0.2, 0.25) is 0 Å². The molecule has 0 aliphatic carbocycles. The van der Waals surface area contributed by atoms with Crippen molar-refractivity contribution in [2.75, 3.05) is 13.2 Å². The molecular weight excluding hydrogens is 179 g/mol. The Morgan fingerprint density at radius 3 is 2.29 bits per heavy atom. The lowest BCUT2D eigenvalue weighted by Gasteiger charge is -2.06. The van der Waals surface area contributed by atoms with Crippen molar-refractivity contribution in [3.63, 3.8) is 0 Å². The van der Waals surface area contributed by atoms with E-state index >= 15 is 0 Å². The molecule has 0 saturated heterocycles. The first-order chi connectivity index (χ1) is 6.81. The number of halogens is 1. The maximum Gasteiger partial charge on any atom is 0.123 e. The van der Waals surface area contributed by atoms with E-state index in [1.807, 2.05) is 6.92 Å². The van der Waals surface area contributed by atoms with Gasteiger partial charge in [-0.2, -0.15) is 0 Å². The number of alkyl halides is 1. The van der Waals surface area contributed by atoms with Crippen LogP contribution in [0.4, 0.5) is 4.39 Å². The van der Waals surface area contributed by atoms with Crippen LogP contribution < -0.4 is 0 Å². The molecule has 0 amide bonds. The van der Waals surface area contributed by atoms with E-state index in [0.29, 0.717) is 6.42 Å². The minimum atomic E-state index is -0.768.